The third-order valence-electron chi connectivity index (χ3n) is 4.03. The van der Waals surface area contributed by atoms with Gasteiger partial charge in [-0.3, -0.25) is 18.7 Å². The van der Waals surface area contributed by atoms with Crippen LogP contribution in [0.5, 0.6) is 0 Å². The molecule has 0 radical (unpaired) electrons. The van der Waals surface area contributed by atoms with E-state index >= 15 is 0 Å². The first-order chi connectivity index (χ1) is 12.6. The lowest BCUT2D eigenvalue weighted by Gasteiger charge is -2.10. The number of hydrogen-bond acceptors (Lipinski definition) is 5. The quantitative estimate of drug-likeness (QED) is 0.504. The summed E-state index contributed by atoms with van der Waals surface area (Å²) in [7, 11) is 0. The number of hydrogen-bond donors (Lipinski definition) is 0. The highest BCUT2D eigenvalue weighted by atomic mass is 35.5. The Labute approximate surface area is 158 Å². The molecule has 1 aromatic carbocycles. The van der Waals surface area contributed by atoms with Crippen LogP contribution in [0.15, 0.2) is 65.1 Å². The third-order valence-corrected chi connectivity index (χ3v) is 5.45. The van der Waals surface area contributed by atoms with Crippen LogP contribution >= 0.6 is 23.4 Å². The summed E-state index contributed by atoms with van der Waals surface area (Å²) >= 11 is 7.69. The molecule has 0 saturated heterocycles. The number of pyridine rings is 1. The molecule has 0 aliphatic carbocycles. The van der Waals surface area contributed by atoms with Crippen LogP contribution in [0.25, 0.3) is 11.3 Å². The number of thioether (sulfide) groups is 1. The van der Waals surface area contributed by atoms with Gasteiger partial charge in [-0.15, -0.1) is 10.2 Å². The Balaban J connectivity index is 1.72. The highest BCUT2D eigenvalue weighted by molar-refractivity contribution is 7.98. The molecule has 0 aliphatic heterocycles. The van der Waals surface area contributed by atoms with Crippen LogP contribution < -0.4 is 5.56 Å². The van der Waals surface area contributed by atoms with Crippen molar-refractivity contribution >= 4 is 29.0 Å². The van der Waals surface area contributed by atoms with Crippen LogP contribution in [0.3, 0.4) is 0 Å². The van der Waals surface area contributed by atoms with Crippen molar-refractivity contribution in [1.82, 2.24) is 24.1 Å². The van der Waals surface area contributed by atoms with E-state index in [1.807, 2.05) is 37.4 Å². The van der Waals surface area contributed by atoms with Crippen molar-refractivity contribution in [3.8, 4) is 5.69 Å². The van der Waals surface area contributed by atoms with Crippen molar-refractivity contribution in [1.29, 1.82) is 0 Å². The summed E-state index contributed by atoms with van der Waals surface area (Å²) in [6, 6.07) is 9.37. The molecular formula is C18H14ClN5OS. The SMILES string of the molecule is Cc1c(Cl)cccc1-n1ccn2c(SCc3cccnc3)nnc2c1=O. The molecule has 0 amide bonds. The van der Waals surface area contributed by atoms with Crippen LogP contribution in [-0.4, -0.2) is 24.1 Å². The summed E-state index contributed by atoms with van der Waals surface area (Å²) < 4.78 is 3.25. The van der Waals surface area contributed by atoms with Gasteiger partial charge in [-0.25, -0.2) is 0 Å². The van der Waals surface area contributed by atoms with E-state index in [1.54, 1.807) is 33.6 Å². The number of aromatic nitrogens is 5. The fraction of sp³-hybridized carbons (Fsp3) is 0.111. The maximum atomic E-state index is 12.9. The molecule has 0 saturated carbocycles. The standard InChI is InChI=1S/C18H14ClN5OS/c1-12-14(19)5-2-6-15(12)23-8-9-24-16(17(23)25)21-22-18(24)26-11-13-4-3-7-20-10-13/h2-10H,11H2,1H3. The maximum absolute atomic E-state index is 12.9. The molecule has 3 heterocycles. The average molecular weight is 384 g/mol. The molecule has 0 unspecified atom stereocenters. The largest absolute Gasteiger partial charge is 0.300 e. The van der Waals surface area contributed by atoms with Gasteiger partial charge < -0.3 is 0 Å². The lowest BCUT2D eigenvalue weighted by molar-refractivity contribution is 0.890. The highest BCUT2D eigenvalue weighted by Crippen LogP contribution is 2.23. The molecule has 26 heavy (non-hydrogen) atoms. The Kier molecular flexibility index (Phi) is 4.48. The van der Waals surface area contributed by atoms with Gasteiger partial charge in [-0.05, 0) is 36.2 Å². The minimum atomic E-state index is -0.237. The van der Waals surface area contributed by atoms with E-state index in [9.17, 15) is 4.79 Å². The summed E-state index contributed by atoms with van der Waals surface area (Å²) in [5.41, 5.74) is 2.69. The number of nitrogens with zero attached hydrogens (tertiary/aromatic N) is 5. The zero-order chi connectivity index (χ0) is 18.1. The summed E-state index contributed by atoms with van der Waals surface area (Å²) in [6.07, 6.45) is 7.06. The molecule has 3 aromatic heterocycles. The Morgan fingerprint density at radius 2 is 2.04 bits per heavy atom. The molecule has 8 heteroatoms. The Morgan fingerprint density at radius 1 is 1.15 bits per heavy atom. The van der Waals surface area contributed by atoms with Crippen molar-refractivity contribution in [2.24, 2.45) is 0 Å². The monoisotopic (exact) mass is 383 g/mol. The fourth-order valence-electron chi connectivity index (χ4n) is 2.64. The normalized spacial score (nSPS) is 11.2. The Morgan fingerprint density at radius 3 is 2.85 bits per heavy atom. The molecule has 0 N–H and O–H groups in total. The molecule has 0 bridgehead atoms. The third kappa shape index (κ3) is 3.00. The summed E-state index contributed by atoms with van der Waals surface area (Å²) in [4.78, 5) is 17.0. The molecule has 0 fully saturated rings. The summed E-state index contributed by atoms with van der Waals surface area (Å²) in [5.74, 6) is 0.700. The zero-order valence-corrected chi connectivity index (χ0v) is 15.4. The van der Waals surface area contributed by atoms with E-state index in [0.717, 1.165) is 16.8 Å². The van der Waals surface area contributed by atoms with Crippen molar-refractivity contribution in [2.75, 3.05) is 0 Å². The summed E-state index contributed by atoms with van der Waals surface area (Å²) in [6.45, 7) is 1.88. The van der Waals surface area contributed by atoms with E-state index in [4.69, 9.17) is 11.6 Å². The number of benzene rings is 1. The average Bonchev–Trinajstić information content (AvgIpc) is 3.08. The van der Waals surface area contributed by atoms with Crippen LogP contribution in [0.1, 0.15) is 11.1 Å². The zero-order valence-electron chi connectivity index (χ0n) is 13.8. The van der Waals surface area contributed by atoms with Crippen LogP contribution in [0.4, 0.5) is 0 Å². The van der Waals surface area contributed by atoms with Gasteiger partial charge in [-0.2, -0.15) is 0 Å². The Bertz CT molecular complexity index is 1140. The van der Waals surface area contributed by atoms with Crippen molar-refractivity contribution in [3.63, 3.8) is 0 Å². The van der Waals surface area contributed by atoms with Gasteiger partial charge in [0.1, 0.15) is 0 Å². The fourth-order valence-corrected chi connectivity index (χ4v) is 3.66. The second-order valence-electron chi connectivity index (χ2n) is 5.68. The number of rotatable bonds is 4. The summed E-state index contributed by atoms with van der Waals surface area (Å²) in [5, 5.41) is 9.52. The molecule has 0 aliphatic rings. The molecule has 6 nitrogen and oxygen atoms in total. The predicted octanol–water partition coefficient (Wildman–Crippen LogP) is 3.53. The first-order valence-electron chi connectivity index (χ1n) is 7.89. The minimum Gasteiger partial charge on any atom is -0.279 e. The van der Waals surface area contributed by atoms with Gasteiger partial charge in [0.25, 0.3) is 0 Å². The van der Waals surface area contributed by atoms with Gasteiger partial charge >= 0.3 is 5.56 Å². The van der Waals surface area contributed by atoms with Crippen molar-refractivity contribution < 1.29 is 0 Å². The molecule has 130 valence electrons. The van der Waals surface area contributed by atoms with E-state index in [0.29, 0.717) is 15.9 Å². The smallest absolute Gasteiger partial charge is 0.279 e. The van der Waals surface area contributed by atoms with E-state index < -0.39 is 0 Å². The Hall–Kier alpha value is -2.64. The van der Waals surface area contributed by atoms with Gasteiger partial charge in [-0.1, -0.05) is 35.5 Å². The van der Waals surface area contributed by atoms with E-state index in [2.05, 4.69) is 15.2 Å². The predicted molar refractivity (Wildman–Crippen MR) is 102 cm³/mol. The van der Waals surface area contributed by atoms with E-state index in [-0.39, 0.29) is 11.2 Å². The van der Waals surface area contributed by atoms with Gasteiger partial charge in [0.2, 0.25) is 5.65 Å². The lowest BCUT2D eigenvalue weighted by Crippen LogP contribution is -2.21. The second-order valence-corrected chi connectivity index (χ2v) is 7.03. The van der Waals surface area contributed by atoms with Gasteiger partial charge in [0.05, 0.1) is 5.69 Å². The number of fused-ring (bicyclic) bond motifs is 1. The molecular weight excluding hydrogens is 370 g/mol. The van der Waals surface area contributed by atoms with Crippen LogP contribution in [0.2, 0.25) is 5.02 Å². The molecule has 0 spiro atoms. The topological polar surface area (TPSA) is 65.1 Å². The molecule has 4 rings (SSSR count). The second kappa shape index (κ2) is 6.93. The van der Waals surface area contributed by atoms with Gasteiger partial charge in [0, 0.05) is 35.6 Å². The molecule has 0 atom stereocenters. The van der Waals surface area contributed by atoms with E-state index in [1.165, 1.54) is 11.8 Å². The van der Waals surface area contributed by atoms with Gasteiger partial charge in [0.15, 0.2) is 5.16 Å². The highest BCUT2D eigenvalue weighted by Gasteiger charge is 2.13. The van der Waals surface area contributed by atoms with Crippen molar-refractivity contribution in [3.05, 3.63) is 81.6 Å². The maximum Gasteiger partial charge on any atom is 0.300 e. The first-order valence-corrected chi connectivity index (χ1v) is 9.25. The molecule has 4 aromatic rings. The first kappa shape index (κ1) is 16.8. The minimum absolute atomic E-state index is 0.237. The van der Waals surface area contributed by atoms with Crippen molar-refractivity contribution in [2.45, 2.75) is 17.8 Å². The lowest BCUT2D eigenvalue weighted by atomic mass is 10.2. The van der Waals surface area contributed by atoms with Crippen LogP contribution in [-0.2, 0) is 5.75 Å². The number of halogens is 1. The van der Waals surface area contributed by atoms with Crippen LogP contribution in [0, 0.1) is 6.92 Å².